The van der Waals surface area contributed by atoms with Crippen molar-refractivity contribution >= 4 is 40.8 Å². The van der Waals surface area contributed by atoms with Crippen LogP contribution in [0, 0.1) is 25.2 Å². The smallest absolute Gasteiger partial charge is 0.229 e. The van der Waals surface area contributed by atoms with E-state index < -0.39 is 0 Å². The fraction of sp³-hybridized carbons (Fsp3) is 0.0952. The van der Waals surface area contributed by atoms with Crippen LogP contribution >= 0.6 is 11.6 Å². The molecule has 3 rings (SSSR count). The average molecular weight is 376 g/mol. The molecule has 0 fully saturated rings. The molecule has 2 aromatic carbocycles. The summed E-state index contributed by atoms with van der Waals surface area (Å²) in [6, 6.07) is 15.2. The monoisotopic (exact) mass is 375 g/mol. The lowest BCUT2D eigenvalue weighted by Gasteiger charge is -2.14. The highest BCUT2D eigenvalue weighted by Crippen LogP contribution is 2.26. The SMILES string of the molecule is Cc1cc(/C=C\Cl)cc(C)c1Nc1ccnc(Nc2ccc(C#N)cc2)n1. The van der Waals surface area contributed by atoms with E-state index in [4.69, 9.17) is 16.9 Å². The van der Waals surface area contributed by atoms with Crippen molar-refractivity contribution in [2.75, 3.05) is 10.6 Å². The third-order valence-corrected chi connectivity index (χ3v) is 4.12. The maximum Gasteiger partial charge on any atom is 0.229 e. The van der Waals surface area contributed by atoms with Crippen molar-refractivity contribution in [3.63, 3.8) is 0 Å². The minimum absolute atomic E-state index is 0.474. The Hall–Kier alpha value is -3.36. The van der Waals surface area contributed by atoms with E-state index in [1.807, 2.05) is 38.1 Å². The molecule has 1 heterocycles. The van der Waals surface area contributed by atoms with Crippen LogP contribution in [0.15, 0.2) is 54.2 Å². The number of benzene rings is 2. The number of aromatic nitrogens is 2. The summed E-state index contributed by atoms with van der Waals surface area (Å²) in [5, 5.41) is 15.4. The van der Waals surface area contributed by atoms with Crippen LogP contribution in [0.1, 0.15) is 22.3 Å². The fourth-order valence-electron chi connectivity index (χ4n) is 2.74. The number of halogens is 1. The first-order valence-corrected chi connectivity index (χ1v) is 8.78. The van der Waals surface area contributed by atoms with Crippen LogP contribution in [-0.4, -0.2) is 9.97 Å². The molecule has 0 aliphatic carbocycles. The van der Waals surface area contributed by atoms with Crippen LogP contribution in [0.3, 0.4) is 0 Å². The van der Waals surface area contributed by atoms with Gasteiger partial charge >= 0.3 is 0 Å². The van der Waals surface area contributed by atoms with Gasteiger partial charge in [-0.1, -0.05) is 11.6 Å². The molecule has 0 unspecified atom stereocenters. The lowest BCUT2D eigenvalue weighted by Crippen LogP contribution is -2.02. The molecule has 0 radical (unpaired) electrons. The van der Waals surface area contributed by atoms with Gasteiger partial charge in [-0.25, -0.2) is 4.98 Å². The molecule has 5 nitrogen and oxygen atoms in total. The molecular weight excluding hydrogens is 358 g/mol. The second-order valence-electron chi connectivity index (χ2n) is 6.03. The van der Waals surface area contributed by atoms with Crippen LogP contribution in [0.2, 0.25) is 0 Å². The number of rotatable bonds is 5. The lowest BCUT2D eigenvalue weighted by atomic mass is 10.0. The first-order chi connectivity index (χ1) is 13.1. The van der Waals surface area contributed by atoms with Gasteiger partial charge in [-0.3, -0.25) is 0 Å². The minimum Gasteiger partial charge on any atom is -0.340 e. The van der Waals surface area contributed by atoms with E-state index in [1.54, 1.807) is 18.3 Å². The molecular formula is C21H18ClN5. The molecule has 3 aromatic rings. The van der Waals surface area contributed by atoms with E-state index in [0.29, 0.717) is 17.3 Å². The van der Waals surface area contributed by atoms with Crippen molar-refractivity contribution in [2.45, 2.75) is 13.8 Å². The predicted molar refractivity (Wildman–Crippen MR) is 111 cm³/mol. The highest BCUT2D eigenvalue weighted by molar-refractivity contribution is 6.27. The van der Waals surface area contributed by atoms with Gasteiger partial charge in [-0.05, 0) is 79.1 Å². The molecule has 134 valence electrons. The van der Waals surface area contributed by atoms with Crippen LogP contribution in [0.25, 0.3) is 6.08 Å². The Bertz CT molecular complexity index is 996. The normalized spacial score (nSPS) is 10.6. The van der Waals surface area contributed by atoms with E-state index in [2.05, 4.69) is 38.8 Å². The van der Waals surface area contributed by atoms with Crippen molar-refractivity contribution in [3.05, 3.63) is 76.5 Å². The molecule has 0 saturated heterocycles. The first-order valence-electron chi connectivity index (χ1n) is 8.34. The fourth-order valence-corrected chi connectivity index (χ4v) is 2.88. The van der Waals surface area contributed by atoms with Gasteiger partial charge < -0.3 is 10.6 Å². The summed E-state index contributed by atoms with van der Waals surface area (Å²) in [7, 11) is 0. The Morgan fingerprint density at radius 3 is 2.37 bits per heavy atom. The van der Waals surface area contributed by atoms with Crippen molar-refractivity contribution < 1.29 is 0 Å². The molecule has 0 bridgehead atoms. The Labute approximate surface area is 163 Å². The summed E-state index contributed by atoms with van der Waals surface area (Å²) in [5.41, 5.74) is 7.18. The zero-order chi connectivity index (χ0) is 19.2. The Morgan fingerprint density at radius 2 is 1.74 bits per heavy atom. The van der Waals surface area contributed by atoms with Crippen molar-refractivity contribution in [1.82, 2.24) is 9.97 Å². The van der Waals surface area contributed by atoms with E-state index in [9.17, 15) is 0 Å². The van der Waals surface area contributed by atoms with Gasteiger partial charge in [0.05, 0.1) is 11.6 Å². The Kier molecular flexibility index (Phi) is 5.70. The Morgan fingerprint density at radius 1 is 1.04 bits per heavy atom. The molecule has 6 heteroatoms. The van der Waals surface area contributed by atoms with Crippen molar-refractivity contribution in [1.29, 1.82) is 5.26 Å². The summed E-state index contributed by atoms with van der Waals surface area (Å²) < 4.78 is 0. The minimum atomic E-state index is 0.474. The van der Waals surface area contributed by atoms with Gasteiger partial charge in [0.1, 0.15) is 5.82 Å². The number of hydrogen-bond acceptors (Lipinski definition) is 5. The second kappa shape index (κ2) is 8.35. The van der Waals surface area contributed by atoms with E-state index in [-0.39, 0.29) is 0 Å². The molecule has 0 saturated carbocycles. The average Bonchev–Trinajstić information content (AvgIpc) is 2.66. The van der Waals surface area contributed by atoms with Gasteiger partial charge in [0, 0.05) is 23.1 Å². The number of aryl methyl sites for hydroxylation is 2. The van der Waals surface area contributed by atoms with Crippen LogP contribution in [-0.2, 0) is 0 Å². The zero-order valence-electron chi connectivity index (χ0n) is 15.0. The van der Waals surface area contributed by atoms with E-state index >= 15 is 0 Å². The van der Waals surface area contributed by atoms with Gasteiger partial charge in [0.2, 0.25) is 5.95 Å². The molecule has 0 spiro atoms. The predicted octanol–water partition coefficient (Wildman–Crippen LogP) is 5.66. The van der Waals surface area contributed by atoms with Crippen molar-refractivity contribution in [3.8, 4) is 6.07 Å². The lowest BCUT2D eigenvalue weighted by molar-refractivity contribution is 1.16. The summed E-state index contributed by atoms with van der Waals surface area (Å²) in [4.78, 5) is 8.76. The molecule has 0 atom stereocenters. The largest absolute Gasteiger partial charge is 0.340 e. The molecule has 0 aliphatic heterocycles. The summed E-state index contributed by atoms with van der Waals surface area (Å²) in [6.45, 7) is 4.08. The second-order valence-corrected chi connectivity index (χ2v) is 6.28. The molecule has 27 heavy (non-hydrogen) atoms. The molecule has 1 aromatic heterocycles. The topological polar surface area (TPSA) is 73.6 Å². The standard InChI is InChI=1S/C21H18ClN5/c1-14-11-17(7-9-22)12-15(2)20(14)26-19-8-10-24-21(27-19)25-18-5-3-16(13-23)4-6-18/h3-12H,1-2H3,(H2,24,25,26,27)/b9-7-. The van der Waals surface area contributed by atoms with Gasteiger partial charge in [-0.2, -0.15) is 10.2 Å². The third kappa shape index (κ3) is 4.63. The van der Waals surface area contributed by atoms with Crippen LogP contribution in [0.4, 0.5) is 23.1 Å². The maximum atomic E-state index is 8.87. The third-order valence-electron chi connectivity index (χ3n) is 3.99. The van der Waals surface area contributed by atoms with E-state index in [1.165, 1.54) is 5.54 Å². The number of nitrogens with one attached hydrogen (secondary N) is 2. The van der Waals surface area contributed by atoms with E-state index in [0.717, 1.165) is 28.1 Å². The first kappa shape index (κ1) is 18.4. The van der Waals surface area contributed by atoms with Gasteiger partial charge in [-0.15, -0.1) is 0 Å². The Balaban J connectivity index is 1.81. The number of nitriles is 1. The summed E-state index contributed by atoms with van der Waals surface area (Å²) in [5.74, 6) is 1.16. The number of anilines is 4. The summed E-state index contributed by atoms with van der Waals surface area (Å²) >= 11 is 5.68. The summed E-state index contributed by atoms with van der Waals surface area (Å²) in [6.07, 6.45) is 3.55. The number of hydrogen-bond donors (Lipinski definition) is 2. The van der Waals surface area contributed by atoms with Crippen molar-refractivity contribution in [2.24, 2.45) is 0 Å². The quantitative estimate of drug-likeness (QED) is 0.601. The number of nitrogens with zero attached hydrogens (tertiary/aromatic N) is 3. The van der Waals surface area contributed by atoms with Crippen LogP contribution < -0.4 is 10.6 Å². The highest BCUT2D eigenvalue weighted by atomic mass is 35.5. The van der Waals surface area contributed by atoms with Gasteiger partial charge in [0.15, 0.2) is 0 Å². The van der Waals surface area contributed by atoms with Gasteiger partial charge in [0.25, 0.3) is 0 Å². The molecule has 0 aliphatic rings. The molecule has 2 N–H and O–H groups in total. The van der Waals surface area contributed by atoms with Crippen LogP contribution in [0.5, 0.6) is 0 Å². The molecule has 0 amide bonds. The maximum absolute atomic E-state index is 8.87. The zero-order valence-corrected chi connectivity index (χ0v) is 15.7. The highest BCUT2D eigenvalue weighted by Gasteiger charge is 2.07.